The number of rotatable bonds is 3. The van der Waals surface area contributed by atoms with Gasteiger partial charge in [-0.25, -0.2) is 0 Å². The van der Waals surface area contributed by atoms with Crippen LogP contribution in [0.25, 0.3) is 0 Å². The first-order valence-electron chi connectivity index (χ1n) is 5.36. The lowest BCUT2D eigenvalue weighted by Gasteiger charge is -2.17. The van der Waals surface area contributed by atoms with Crippen LogP contribution in [0.15, 0.2) is 12.1 Å². The van der Waals surface area contributed by atoms with E-state index in [1.807, 2.05) is 13.8 Å². The number of methoxy groups -OCH3 is 1. The van der Waals surface area contributed by atoms with E-state index in [9.17, 15) is 4.79 Å². The molecule has 0 aliphatic carbocycles. The Labute approximate surface area is 109 Å². The molecule has 1 aromatic carbocycles. The summed E-state index contributed by atoms with van der Waals surface area (Å²) in [7, 11) is 1.38. The van der Waals surface area contributed by atoms with Crippen LogP contribution in [0.5, 0.6) is 0 Å². The van der Waals surface area contributed by atoms with Crippen LogP contribution in [0.1, 0.15) is 34.7 Å². The largest absolute Gasteiger partial charge is 0.469 e. The van der Waals surface area contributed by atoms with Gasteiger partial charge in [0.25, 0.3) is 0 Å². The lowest BCUT2D eigenvalue weighted by molar-refractivity contribution is -0.141. The van der Waals surface area contributed by atoms with Crippen molar-refractivity contribution in [2.45, 2.75) is 33.2 Å². The minimum absolute atomic E-state index is 0. The van der Waals surface area contributed by atoms with E-state index < -0.39 is 0 Å². The zero-order chi connectivity index (χ0) is 12.3. The van der Waals surface area contributed by atoms with Gasteiger partial charge in [-0.05, 0) is 37.5 Å². The van der Waals surface area contributed by atoms with Gasteiger partial charge in [0, 0.05) is 6.04 Å². The summed E-state index contributed by atoms with van der Waals surface area (Å²) in [6.07, 6.45) is 0.223. The number of halogens is 1. The van der Waals surface area contributed by atoms with E-state index in [4.69, 9.17) is 5.73 Å². The predicted molar refractivity (Wildman–Crippen MR) is 71.5 cm³/mol. The molecule has 0 bridgehead atoms. The molecule has 1 atom stereocenters. The number of esters is 1. The molecule has 0 aliphatic rings. The summed E-state index contributed by atoms with van der Waals surface area (Å²) >= 11 is 0. The first kappa shape index (κ1) is 15.9. The molecule has 1 aromatic rings. The molecule has 0 aliphatic heterocycles. The minimum Gasteiger partial charge on any atom is -0.469 e. The molecule has 3 nitrogen and oxygen atoms in total. The number of ether oxygens (including phenoxy) is 1. The fraction of sp³-hybridized carbons (Fsp3) is 0.462. The zero-order valence-electron chi connectivity index (χ0n) is 10.7. The van der Waals surface area contributed by atoms with Crippen LogP contribution in [-0.2, 0) is 9.53 Å². The van der Waals surface area contributed by atoms with Crippen LogP contribution >= 0.6 is 12.4 Å². The van der Waals surface area contributed by atoms with Gasteiger partial charge in [0.1, 0.15) is 0 Å². The molecule has 1 rings (SSSR count). The Hall–Kier alpha value is -1.06. The molecule has 96 valence electrons. The second-order valence-electron chi connectivity index (χ2n) is 4.20. The number of benzene rings is 1. The highest BCUT2D eigenvalue weighted by Gasteiger charge is 2.16. The summed E-state index contributed by atoms with van der Waals surface area (Å²) < 4.78 is 4.63. The minimum atomic E-state index is -0.284. The van der Waals surface area contributed by atoms with Gasteiger partial charge >= 0.3 is 5.97 Å². The van der Waals surface area contributed by atoms with Crippen LogP contribution in [-0.4, -0.2) is 13.1 Å². The van der Waals surface area contributed by atoms with E-state index in [2.05, 4.69) is 23.8 Å². The Morgan fingerprint density at radius 3 is 2.18 bits per heavy atom. The average molecular weight is 258 g/mol. The van der Waals surface area contributed by atoms with Gasteiger partial charge in [0.2, 0.25) is 0 Å². The van der Waals surface area contributed by atoms with Gasteiger partial charge in [-0.15, -0.1) is 12.4 Å². The van der Waals surface area contributed by atoms with Crippen molar-refractivity contribution in [1.82, 2.24) is 0 Å². The van der Waals surface area contributed by atoms with Gasteiger partial charge in [0.15, 0.2) is 0 Å². The van der Waals surface area contributed by atoms with Crippen molar-refractivity contribution in [1.29, 1.82) is 0 Å². The zero-order valence-corrected chi connectivity index (χ0v) is 11.6. The normalized spacial score (nSPS) is 11.6. The highest BCUT2D eigenvalue weighted by atomic mass is 35.5. The Morgan fingerprint density at radius 2 is 1.76 bits per heavy atom. The van der Waals surface area contributed by atoms with E-state index in [-0.39, 0.29) is 30.8 Å². The van der Waals surface area contributed by atoms with Crippen LogP contribution in [0, 0.1) is 20.8 Å². The molecule has 0 aromatic heterocycles. The molecular weight excluding hydrogens is 238 g/mol. The molecule has 0 fully saturated rings. The fourth-order valence-corrected chi connectivity index (χ4v) is 2.14. The molecule has 0 saturated heterocycles. The quantitative estimate of drug-likeness (QED) is 0.847. The molecular formula is C13H20ClNO2. The molecule has 4 heteroatoms. The maximum Gasteiger partial charge on any atom is 0.307 e. The van der Waals surface area contributed by atoms with Crippen LogP contribution in [0.4, 0.5) is 0 Å². The number of aryl methyl sites for hydroxylation is 3. The summed E-state index contributed by atoms with van der Waals surface area (Å²) in [6, 6.07) is 3.88. The molecule has 0 saturated carbocycles. The molecule has 0 radical (unpaired) electrons. The van der Waals surface area contributed by atoms with E-state index in [0.717, 1.165) is 16.7 Å². The van der Waals surface area contributed by atoms with E-state index >= 15 is 0 Å². The van der Waals surface area contributed by atoms with E-state index in [1.165, 1.54) is 12.7 Å². The smallest absolute Gasteiger partial charge is 0.307 e. The Balaban J connectivity index is 0.00000256. The summed E-state index contributed by atoms with van der Waals surface area (Å²) in [4.78, 5) is 11.2. The van der Waals surface area contributed by atoms with E-state index in [0.29, 0.717) is 0 Å². The predicted octanol–water partition coefficient (Wildman–Crippen LogP) is 2.60. The maximum absolute atomic E-state index is 11.2. The number of nitrogens with two attached hydrogens (primary N) is 1. The summed E-state index contributed by atoms with van der Waals surface area (Å²) in [6.45, 7) is 6.09. The molecule has 0 unspecified atom stereocenters. The van der Waals surface area contributed by atoms with Crippen molar-refractivity contribution in [2.75, 3.05) is 7.11 Å². The van der Waals surface area contributed by atoms with Crippen molar-refractivity contribution >= 4 is 18.4 Å². The Morgan fingerprint density at radius 1 is 1.29 bits per heavy atom. The van der Waals surface area contributed by atoms with Crippen molar-refractivity contribution in [3.8, 4) is 0 Å². The summed E-state index contributed by atoms with van der Waals surface area (Å²) in [5, 5.41) is 0. The molecule has 2 N–H and O–H groups in total. The van der Waals surface area contributed by atoms with Crippen molar-refractivity contribution < 1.29 is 9.53 Å². The molecule has 17 heavy (non-hydrogen) atoms. The standard InChI is InChI=1S/C13H19NO2.ClH/c1-8-5-9(2)13(10(3)6-8)11(14)7-12(15)16-4;/h5-6,11H,7,14H2,1-4H3;1H/t11-;/m0./s1. The van der Waals surface area contributed by atoms with Crippen molar-refractivity contribution in [3.63, 3.8) is 0 Å². The lowest BCUT2D eigenvalue weighted by Crippen LogP contribution is -2.18. The first-order valence-corrected chi connectivity index (χ1v) is 5.36. The van der Waals surface area contributed by atoms with Gasteiger partial charge in [-0.1, -0.05) is 17.7 Å². The molecule has 0 spiro atoms. The SMILES string of the molecule is COC(=O)C[C@H](N)c1c(C)cc(C)cc1C.Cl. The van der Waals surface area contributed by atoms with Gasteiger partial charge in [-0.2, -0.15) is 0 Å². The first-order chi connectivity index (χ1) is 7.45. The maximum atomic E-state index is 11.2. The lowest BCUT2D eigenvalue weighted by atomic mass is 9.93. The van der Waals surface area contributed by atoms with Gasteiger partial charge < -0.3 is 10.5 Å². The second kappa shape index (κ2) is 6.62. The van der Waals surface area contributed by atoms with Crippen LogP contribution < -0.4 is 5.73 Å². The topological polar surface area (TPSA) is 52.3 Å². The highest BCUT2D eigenvalue weighted by Crippen LogP contribution is 2.24. The van der Waals surface area contributed by atoms with Crippen LogP contribution in [0.3, 0.4) is 0 Å². The third-order valence-corrected chi connectivity index (χ3v) is 2.72. The summed E-state index contributed by atoms with van der Waals surface area (Å²) in [5.41, 5.74) is 10.6. The third-order valence-electron chi connectivity index (χ3n) is 2.72. The van der Waals surface area contributed by atoms with Gasteiger partial charge in [-0.3, -0.25) is 4.79 Å². The number of carbonyl (C=O) groups is 1. The van der Waals surface area contributed by atoms with Crippen LogP contribution in [0.2, 0.25) is 0 Å². The Bertz CT molecular complexity index is 381. The fourth-order valence-electron chi connectivity index (χ4n) is 2.14. The Kier molecular flexibility index (Phi) is 6.21. The van der Waals surface area contributed by atoms with Crippen molar-refractivity contribution in [3.05, 3.63) is 34.4 Å². The molecule has 0 heterocycles. The number of hydrogen-bond donors (Lipinski definition) is 1. The molecule has 0 amide bonds. The average Bonchev–Trinajstić information content (AvgIpc) is 2.15. The number of hydrogen-bond acceptors (Lipinski definition) is 3. The van der Waals surface area contributed by atoms with E-state index in [1.54, 1.807) is 0 Å². The second-order valence-corrected chi connectivity index (χ2v) is 4.20. The third kappa shape index (κ3) is 4.02. The van der Waals surface area contributed by atoms with Crippen molar-refractivity contribution in [2.24, 2.45) is 5.73 Å². The van der Waals surface area contributed by atoms with Gasteiger partial charge in [0.05, 0.1) is 13.5 Å². The highest BCUT2D eigenvalue weighted by molar-refractivity contribution is 5.85. The monoisotopic (exact) mass is 257 g/mol. The number of carbonyl (C=O) groups excluding carboxylic acids is 1. The summed E-state index contributed by atoms with van der Waals surface area (Å²) in [5.74, 6) is -0.271.